The number of nitrogens with one attached hydrogen (secondary N) is 1. The average molecular weight is 223 g/mol. The molecule has 1 aliphatic carbocycles. The highest BCUT2D eigenvalue weighted by Crippen LogP contribution is 2.24. The number of anilines is 1. The van der Waals surface area contributed by atoms with Gasteiger partial charge >= 0.3 is 0 Å². The molecule has 82 valence electrons. The third-order valence-corrected chi connectivity index (χ3v) is 3.61. The Morgan fingerprint density at radius 3 is 2.53 bits per heavy atom. The van der Waals surface area contributed by atoms with Crippen molar-refractivity contribution in [3.63, 3.8) is 0 Å². The Bertz CT molecular complexity index is 312. The zero-order valence-electron chi connectivity index (χ0n) is 8.94. The Labute approximate surface area is 95.1 Å². The maximum atomic E-state index is 9.42. The fourth-order valence-electron chi connectivity index (χ4n) is 2.01. The second-order valence-corrected chi connectivity index (χ2v) is 4.92. The number of aliphatic hydroxyl groups is 1. The van der Waals surface area contributed by atoms with E-state index in [1.165, 1.54) is 4.90 Å². The van der Waals surface area contributed by atoms with Crippen LogP contribution >= 0.6 is 11.8 Å². The monoisotopic (exact) mass is 223 g/mol. The normalized spacial score (nSPS) is 25.5. The van der Waals surface area contributed by atoms with Crippen LogP contribution in [0, 0.1) is 0 Å². The van der Waals surface area contributed by atoms with Crippen molar-refractivity contribution < 1.29 is 5.11 Å². The van der Waals surface area contributed by atoms with E-state index in [0.29, 0.717) is 6.04 Å². The van der Waals surface area contributed by atoms with E-state index >= 15 is 0 Å². The van der Waals surface area contributed by atoms with Gasteiger partial charge in [-0.3, -0.25) is 0 Å². The smallest absolute Gasteiger partial charge is 0.0560 e. The van der Waals surface area contributed by atoms with E-state index in [4.69, 9.17) is 0 Å². The third kappa shape index (κ3) is 2.89. The number of hydrogen-bond donors (Lipinski definition) is 2. The number of aliphatic hydroxyl groups excluding tert-OH is 1. The molecule has 2 rings (SSSR count). The van der Waals surface area contributed by atoms with Crippen LogP contribution in [-0.4, -0.2) is 23.5 Å². The standard InChI is InChI=1S/C12H17NOS/c1-15-12-6-3-9(4-7-12)13-10-2-5-11(14)8-10/h3-4,6-7,10-11,13-14H,2,5,8H2,1H3. The maximum Gasteiger partial charge on any atom is 0.0560 e. The molecule has 0 spiro atoms. The Morgan fingerprint density at radius 2 is 2.00 bits per heavy atom. The molecule has 1 aromatic carbocycles. The molecule has 0 aliphatic heterocycles. The summed E-state index contributed by atoms with van der Waals surface area (Å²) < 4.78 is 0. The lowest BCUT2D eigenvalue weighted by Crippen LogP contribution is -2.16. The van der Waals surface area contributed by atoms with Crippen LogP contribution in [0.3, 0.4) is 0 Å². The number of benzene rings is 1. The molecule has 15 heavy (non-hydrogen) atoms. The zero-order valence-corrected chi connectivity index (χ0v) is 9.76. The fourth-order valence-corrected chi connectivity index (χ4v) is 2.42. The van der Waals surface area contributed by atoms with Gasteiger partial charge in [0, 0.05) is 16.6 Å². The number of rotatable bonds is 3. The van der Waals surface area contributed by atoms with Crippen LogP contribution in [0.15, 0.2) is 29.2 Å². The predicted molar refractivity (Wildman–Crippen MR) is 65.5 cm³/mol. The summed E-state index contributed by atoms with van der Waals surface area (Å²) >= 11 is 1.75. The van der Waals surface area contributed by atoms with Gasteiger partial charge in [0.05, 0.1) is 6.10 Å². The van der Waals surface area contributed by atoms with Crippen molar-refractivity contribution in [2.24, 2.45) is 0 Å². The molecule has 2 N–H and O–H groups in total. The van der Waals surface area contributed by atoms with Crippen LogP contribution in [-0.2, 0) is 0 Å². The lowest BCUT2D eigenvalue weighted by atomic mass is 10.2. The highest BCUT2D eigenvalue weighted by atomic mass is 32.2. The minimum Gasteiger partial charge on any atom is -0.393 e. The molecular formula is C12H17NOS. The van der Waals surface area contributed by atoms with Gasteiger partial charge in [-0.05, 0) is 49.8 Å². The molecular weight excluding hydrogens is 206 g/mol. The first kappa shape index (κ1) is 10.8. The summed E-state index contributed by atoms with van der Waals surface area (Å²) in [6.07, 6.45) is 4.86. The van der Waals surface area contributed by atoms with Crippen LogP contribution < -0.4 is 5.32 Å². The topological polar surface area (TPSA) is 32.3 Å². The van der Waals surface area contributed by atoms with E-state index in [0.717, 1.165) is 24.9 Å². The van der Waals surface area contributed by atoms with Gasteiger partial charge in [0.25, 0.3) is 0 Å². The summed E-state index contributed by atoms with van der Waals surface area (Å²) in [6, 6.07) is 8.91. The van der Waals surface area contributed by atoms with Gasteiger partial charge in [-0.2, -0.15) is 0 Å². The summed E-state index contributed by atoms with van der Waals surface area (Å²) in [4.78, 5) is 1.28. The van der Waals surface area contributed by atoms with Crippen molar-refractivity contribution in [1.29, 1.82) is 0 Å². The highest BCUT2D eigenvalue weighted by Gasteiger charge is 2.22. The van der Waals surface area contributed by atoms with E-state index < -0.39 is 0 Å². The summed E-state index contributed by atoms with van der Waals surface area (Å²) in [5, 5.41) is 12.9. The van der Waals surface area contributed by atoms with Crippen molar-refractivity contribution in [3.05, 3.63) is 24.3 Å². The van der Waals surface area contributed by atoms with Crippen LogP contribution in [0.2, 0.25) is 0 Å². The molecule has 2 unspecified atom stereocenters. The van der Waals surface area contributed by atoms with Crippen molar-refractivity contribution >= 4 is 17.4 Å². The Morgan fingerprint density at radius 1 is 1.27 bits per heavy atom. The molecule has 2 atom stereocenters. The highest BCUT2D eigenvalue weighted by molar-refractivity contribution is 7.98. The van der Waals surface area contributed by atoms with Crippen molar-refractivity contribution in [2.75, 3.05) is 11.6 Å². The van der Waals surface area contributed by atoms with Crippen LogP contribution in [0.4, 0.5) is 5.69 Å². The minimum atomic E-state index is -0.104. The lowest BCUT2D eigenvalue weighted by Gasteiger charge is -2.13. The first-order valence-corrected chi connectivity index (χ1v) is 6.59. The fraction of sp³-hybridized carbons (Fsp3) is 0.500. The molecule has 0 radical (unpaired) electrons. The molecule has 0 saturated heterocycles. The van der Waals surface area contributed by atoms with Gasteiger partial charge < -0.3 is 10.4 Å². The minimum absolute atomic E-state index is 0.104. The molecule has 0 bridgehead atoms. The SMILES string of the molecule is CSc1ccc(NC2CCC(O)C2)cc1. The molecule has 0 amide bonds. The lowest BCUT2D eigenvalue weighted by molar-refractivity contribution is 0.182. The summed E-state index contributed by atoms with van der Waals surface area (Å²) in [7, 11) is 0. The second-order valence-electron chi connectivity index (χ2n) is 4.04. The third-order valence-electron chi connectivity index (χ3n) is 2.87. The second kappa shape index (κ2) is 4.90. The molecule has 2 nitrogen and oxygen atoms in total. The molecule has 3 heteroatoms. The summed E-state index contributed by atoms with van der Waals surface area (Å²) in [6.45, 7) is 0. The van der Waals surface area contributed by atoms with Crippen molar-refractivity contribution in [3.8, 4) is 0 Å². The predicted octanol–water partition coefficient (Wildman–Crippen LogP) is 2.73. The van der Waals surface area contributed by atoms with Crippen LogP contribution in [0.25, 0.3) is 0 Å². The van der Waals surface area contributed by atoms with E-state index in [-0.39, 0.29) is 6.10 Å². The van der Waals surface area contributed by atoms with Crippen molar-refractivity contribution in [1.82, 2.24) is 0 Å². The van der Waals surface area contributed by atoms with Gasteiger partial charge in [-0.25, -0.2) is 0 Å². The quantitative estimate of drug-likeness (QED) is 0.773. The van der Waals surface area contributed by atoms with E-state index in [9.17, 15) is 5.11 Å². The van der Waals surface area contributed by atoms with E-state index in [1.807, 2.05) is 0 Å². The van der Waals surface area contributed by atoms with Crippen molar-refractivity contribution in [2.45, 2.75) is 36.3 Å². The Balaban J connectivity index is 1.93. The van der Waals surface area contributed by atoms with Gasteiger partial charge in [0.2, 0.25) is 0 Å². The average Bonchev–Trinajstić information content (AvgIpc) is 2.65. The van der Waals surface area contributed by atoms with Gasteiger partial charge in [0.15, 0.2) is 0 Å². The Hall–Kier alpha value is -0.670. The van der Waals surface area contributed by atoms with E-state index in [2.05, 4.69) is 35.8 Å². The molecule has 0 heterocycles. The molecule has 1 aliphatic rings. The summed E-state index contributed by atoms with van der Waals surface area (Å²) in [5.41, 5.74) is 1.16. The molecule has 1 aromatic rings. The van der Waals surface area contributed by atoms with Gasteiger partial charge in [-0.15, -0.1) is 11.8 Å². The number of thioether (sulfide) groups is 1. The summed E-state index contributed by atoms with van der Waals surface area (Å²) in [5.74, 6) is 0. The zero-order chi connectivity index (χ0) is 10.7. The molecule has 1 saturated carbocycles. The van der Waals surface area contributed by atoms with E-state index in [1.54, 1.807) is 11.8 Å². The largest absolute Gasteiger partial charge is 0.393 e. The maximum absolute atomic E-state index is 9.42. The first-order chi connectivity index (χ1) is 7.28. The molecule has 1 fully saturated rings. The number of hydrogen-bond acceptors (Lipinski definition) is 3. The van der Waals surface area contributed by atoms with Gasteiger partial charge in [-0.1, -0.05) is 0 Å². The first-order valence-electron chi connectivity index (χ1n) is 5.36. The molecule has 0 aromatic heterocycles. The Kier molecular flexibility index (Phi) is 3.54. The van der Waals surface area contributed by atoms with Crippen LogP contribution in [0.1, 0.15) is 19.3 Å². The van der Waals surface area contributed by atoms with Crippen LogP contribution in [0.5, 0.6) is 0 Å². The van der Waals surface area contributed by atoms with Gasteiger partial charge in [0.1, 0.15) is 0 Å².